The SMILES string of the molecule is COc1ccc(OC)c(S(=O)(=O)Nc2ccc(C(F)(F)F)cc2C(F)(F)F)c1. The second-order valence-corrected chi connectivity index (χ2v) is 7.03. The molecule has 0 spiro atoms. The van der Waals surface area contributed by atoms with E-state index in [9.17, 15) is 34.8 Å². The number of rotatable bonds is 5. The standard InChI is InChI=1S/C16H13F6NO4S/c1-26-10-4-6-13(27-2)14(8-10)28(24,25)23-12-5-3-9(15(17,18)19)7-11(12)16(20,21)22/h3-8,23H,1-2H3. The third-order valence-electron chi connectivity index (χ3n) is 3.56. The fourth-order valence-electron chi connectivity index (χ4n) is 2.24. The number of sulfonamides is 1. The first kappa shape index (κ1) is 21.7. The smallest absolute Gasteiger partial charge is 0.418 e. The van der Waals surface area contributed by atoms with E-state index in [0.29, 0.717) is 12.1 Å². The molecule has 2 aromatic carbocycles. The molecule has 0 saturated carbocycles. The lowest BCUT2D eigenvalue weighted by molar-refractivity contribution is -0.142. The average molecular weight is 429 g/mol. The molecule has 0 aliphatic heterocycles. The Hall–Kier alpha value is -2.63. The van der Waals surface area contributed by atoms with Crippen LogP contribution in [-0.4, -0.2) is 22.6 Å². The number of benzene rings is 2. The van der Waals surface area contributed by atoms with Crippen molar-refractivity contribution in [2.45, 2.75) is 17.2 Å². The van der Waals surface area contributed by atoms with Crippen LogP contribution in [0, 0.1) is 0 Å². The van der Waals surface area contributed by atoms with Crippen molar-refractivity contribution in [1.82, 2.24) is 0 Å². The average Bonchev–Trinajstić information content (AvgIpc) is 2.59. The van der Waals surface area contributed by atoms with Crippen LogP contribution in [0.4, 0.5) is 32.0 Å². The molecule has 0 radical (unpaired) electrons. The van der Waals surface area contributed by atoms with Crippen molar-refractivity contribution in [3.05, 3.63) is 47.5 Å². The third-order valence-corrected chi connectivity index (χ3v) is 4.94. The molecule has 0 atom stereocenters. The van der Waals surface area contributed by atoms with E-state index in [2.05, 4.69) is 0 Å². The molecular weight excluding hydrogens is 416 g/mol. The molecule has 0 heterocycles. The number of hydrogen-bond acceptors (Lipinski definition) is 4. The van der Waals surface area contributed by atoms with Gasteiger partial charge in [0.2, 0.25) is 0 Å². The lowest BCUT2D eigenvalue weighted by Gasteiger charge is -2.18. The van der Waals surface area contributed by atoms with Gasteiger partial charge in [0.15, 0.2) is 0 Å². The third kappa shape index (κ3) is 4.61. The summed E-state index contributed by atoms with van der Waals surface area (Å²) in [4.78, 5) is -0.553. The molecule has 0 aromatic heterocycles. The Morgan fingerprint density at radius 3 is 2.00 bits per heavy atom. The van der Waals surface area contributed by atoms with E-state index in [4.69, 9.17) is 9.47 Å². The van der Waals surface area contributed by atoms with Gasteiger partial charge in [-0.25, -0.2) is 8.42 Å². The lowest BCUT2D eigenvalue weighted by Crippen LogP contribution is -2.19. The van der Waals surface area contributed by atoms with Crippen LogP contribution < -0.4 is 14.2 Å². The van der Waals surface area contributed by atoms with Crippen molar-refractivity contribution in [3.63, 3.8) is 0 Å². The number of hydrogen-bond donors (Lipinski definition) is 1. The van der Waals surface area contributed by atoms with Crippen molar-refractivity contribution < 1.29 is 44.2 Å². The second kappa shape index (κ2) is 7.41. The molecule has 0 unspecified atom stereocenters. The molecule has 5 nitrogen and oxygen atoms in total. The van der Waals surface area contributed by atoms with Crippen LogP contribution in [0.3, 0.4) is 0 Å². The number of ether oxygens (including phenoxy) is 2. The molecule has 0 aliphatic carbocycles. The Labute approximate surface area is 155 Å². The van der Waals surface area contributed by atoms with Gasteiger partial charge in [-0.3, -0.25) is 4.72 Å². The quantitative estimate of drug-likeness (QED) is 0.709. The Bertz CT molecular complexity index is 970. The van der Waals surface area contributed by atoms with Crippen LogP contribution in [0.2, 0.25) is 0 Å². The fraction of sp³-hybridized carbons (Fsp3) is 0.250. The summed E-state index contributed by atoms with van der Waals surface area (Å²) < 4.78 is 114. The zero-order chi connectivity index (χ0) is 21.3. The molecule has 154 valence electrons. The van der Waals surface area contributed by atoms with Crippen molar-refractivity contribution in [2.24, 2.45) is 0 Å². The maximum Gasteiger partial charge on any atom is 0.418 e. The van der Waals surface area contributed by atoms with Crippen LogP contribution in [0.25, 0.3) is 0 Å². The van der Waals surface area contributed by atoms with Gasteiger partial charge < -0.3 is 9.47 Å². The van der Waals surface area contributed by atoms with E-state index in [0.717, 1.165) is 13.2 Å². The van der Waals surface area contributed by atoms with Gasteiger partial charge in [-0.15, -0.1) is 0 Å². The predicted octanol–water partition coefficient (Wildman–Crippen LogP) is 4.54. The highest BCUT2D eigenvalue weighted by molar-refractivity contribution is 7.92. The maximum atomic E-state index is 13.2. The van der Waals surface area contributed by atoms with E-state index in [1.165, 1.54) is 19.2 Å². The van der Waals surface area contributed by atoms with Crippen LogP contribution in [0.1, 0.15) is 11.1 Å². The molecule has 0 saturated heterocycles. The van der Waals surface area contributed by atoms with E-state index in [1.807, 2.05) is 0 Å². The van der Waals surface area contributed by atoms with Gasteiger partial charge in [-0.2, -0.15) is 26.3 Å². The van der Waals surface area contributed by atoms with Gasteiger partial charge in [-0.05, 0) is 30.3 Å². The summed E-state index contributed by atoms with van der Waals surface area (Å²) in [5.74, 6) is -0.126. The largest absolute Gasteiger partial charge is 0.497 e. The van der Waals surface area contributed by atoms with Gasteiger partial charge in [0.1, 0.15) is 16.4 Å². The summed E-state index contributed by atoms with van der Waals surface area (Å²) in [5, 5.41) is 0. The normalized spacial score (nSPS) is 12.6. The second-order valence-electron chi connectivity index (χ2n) is 5.38. The Kier molecular flexibility index (Phi) is 5.74. The maximum absolute atomic E-state index is 13.2. The number of alkyl halides is 6. The van der Waals surface area contributed by atoms with E-state index >= 15 is 0 Å². The number of anilines is 1. The molecule has 2 aromatic rings. The van der Waals surface area contributed by atoms with Crippen molar-refractivity contribution in [1.29, 1.82) is 0 Å². The van der Waals surface area contributed by atoms with Crippen LogP contribution in [0.5, 0.6) is 11.5 Å². The summed E-state index contributed by atoms with van der Waals surface area (Å²) in [7, 11) is -2.28. The molecule has 0 aliphatic rings. The number of methoxy groups -OCH3 is 2. The van der Waals surface area contributed by atoms with Crippen LogP contribution in [0.15, 0.2) is 41.3 Å². The molecular formula is C16H13F6NO4S. The minimum Gasteiger partial charge on any atom is -0.497 e. The molecule has 0 bridgehead atoms. The summed E-state index contributed by atoms with van der Waals surface area (Å²) in [6.45, 7) is 0. The first-order valence-corrected chi connectivity index (χ1v) is 8.81. The zero-order valence-electron chi connectivity index (χ0n) is 14.3. The molecule has 28 heavy (non-hydrogen) atoms. The van der Waals surface area contributed by atoms with Gasteiger partial charge >= 0.3 is 12.4 Å². The van der Waals surface area contributed by atoms with Gasteiger partial charge in [0, 0.05) is 6.07 Å². The van der Waals surface area contributed by atoms with E-state index < -0.39 is 44.1 Å². The summed E-state index contributed by atoms with van der Waals surface area (Å²) in [6, 6.07) is 4.15. The highest BCUT2D eigenvalue weighted by Crippen LogP contribution is 2.40. The van der Waals surface area contributed by atoms with Gasteiger partial charge in [-0.1, -0.05) is 0 Å². The highest BCUT2D eigenvalue weighted by Gasteiger charge is 2.39. The van der Waals surface area contributed by atoms with E-state index in [1.54, 1.807) is 4.72 Å². The molecule has 1 N–H and O–H groups in total. The molecule has 2 rings (SSSR count). The lowest BCUT2D eigenvalue weighted by atomic mass is 10.1. The van der Waals surface area contributed by atoms with Gasteiger partial charge in [0.05, 0.1) is 31.0 Å². The minimum atomic E-state index is -5.24. The summed E-state index contributed by atoms with van der Waals surface area (Å²) in [5.41, 5.74) is -4.42. The van der Waals surface area contributed by atoms with Crippen LogP contribution in [-0.2, 0) is 22.4 Å². The summed E-state index contributed by atoms with van der Waals surface area (Å²) >= 11 is 0. The minimum absolute atomic E-state index is 0.0737. The first-order chi connectivity index (χ1) is 12.8. The monoisotopic (exact) mass is 429 g/mol. The van der Waals surface area contributed by atoms with E-state index in [-0.39, 0.29) is 17.6 Å². The number of nitrogens with one attached hydrogen (secondary N) is 1. The fourth-order valence-corrected chi connectivity index (χ4v) is 3.50. The van der Waals surface area contributed by atoms with Crippen molar-refractivity contribution >= 4 is 15.7 Å². The van der Waals surface area contributed by atoms with Crippen molar-refractivity contribution in [2.75, 3.05) is 18.9 Å². The first-order valence-electron chi connectivity index (χ1n) is 7.33. The molecule has 0 fully saturated rings. The Morgan fingerprint density at radius 2 is 1.50 bits per heavy atom. The zero-order valence-corrected chi connectivity index (χ0v) is 15.1. The summed E-state index contributed by atoms with van der Waals surface area (Å²) in [6.07, 6.45) is -10.3. The predicted molar refractivity (Wildman–Crippen MR) is 86.8 cm³/mol. The number of halogens is 6. The van der Waals surface area contributed by atoms with Gasteiger partial charge in [0.25, 0.3) is 10.0 Å². The highest BCUT2D eigenvalue weighted by atomic mass is 32.2. The Balaban J connectivity index is 2.58. The Morgan fingerprint density at radius 1 is 0.857 bits per heavy atom. The van der Waals surface area contributed by atoms with Crippen molar-refractivity contribution in [3.8, 4) is 11.5 Å². The molecule has 12 heteroatoms. The molecule has 0 amide bonds. The topological polar surface area (TPSA) is 64.6 Å². The van der Waals surface area contributed by atoms with Crippen LogP contribution >= 0.6 is 0 Å².